The molecule has 0 amide bonds. The molecule has 26 heavy (non-hydrogen) atoms. The summed E-state index contributed by atoms with van der Waals surface area (Å²) in [5.74, 6) is 0.317. The number of sulfonamides is 1. The first kappa shape index (κ1) is 18.0. The number of ether oxygens (including phenoxy) is 1. The van der Waals surface area contributed by atoms with Crippen molar-refractivity contribution in [1.82, 2.24) is 0 Å². The first-order valence-corrected chi connectivity index (χ1v) is 9.87. The van der Waals surface area contributed by atoms with Gasteiger partial charge in [0.1, 0.15) is 29.4 Å². The summed E-state index contributed by atoms with van der Waals surface area (Å²) in [6, 6.07) is 15.8. The largest absolute Gasteiger partial charge is 0.492 e. The summed E-state index contributed by atoms with van der Waals surface area (Å²) < 4.78 is 37.3. The van der Waals surface area contributed by atoms with Crippen LogP contribution in [0.25, 0.3) is 11.0 Å². The van der Waals surface area contributed by atoms with Gasteiger partial charge in [0.25, 0.3) is 0 Å². The number of anilines is 1. The van der Waals surface area contributed by atoms with Crippen molar-refractivity contribution in [2.24, 2.45) is 0 Å². The smallest absolute Gasteiger partial charge is 0.360 e. The van der Waals surface area contributed by atoms with Gasteiger partial charge in [0.05, 0.1) is 0 Å². The lowest BCUT2D eigenvalue weighted by Crippen LogP contribution is -2.24. The summed E-state index contributed by atoms with van der Waals surface area (Å²) in [6.45, 7) is 2.02. The summed E-state index contributed by atoms with van der Waals surface area (Å²) in [5, 5.41) is 0.636. The van der Waals surface area contributed by atoms with Gasteiger partial charge in [-0.2, -0.15) is 0 Å². The van der Waals surface area contributed by atoms with Gasteiger partial charge in [0.2, 0.25) is 10.0 Å². The highest BCUT2D eigenvalue weighted by molar-refractivity contribution is 7.92. The van der Waals surface area contributed by atoms with Crippen molar-refractivity contribution >= 4 is 26.7 Å². The maximum absolute atomic E-state index is 12.2. The molecule has 6 nitrogen and oxygen atoms in total. The number of fused-ring (bicyclic) bond motifs is 1. The van der Waals surface area contributed by atoms with Crippen molar-refractivity contribution in [3.63, 3.8) is 0 Å². The van der Waals surface area contributed by atoms with Crippen molar-refractivity contribution in [3.8, 4) is 5.75 Å². The zero-order valence-corrected chi connectivity index (χ0v) is 15.1. The second kappa shape index (κ2) is 7.61. The molecular formula is C19H19NO5S. The van der Waals surface area contributed by atoms with E-state index in [1.165, 1.54) is 11.6 Å². The molecule has 0 aliphatic heterocycles. The molecule has 3 rings (SSSR count). The fourth-order valence-corrected chi connectivity index (χ4v) is 3.32. The maximum atomic E-state index is 12.2. The van der Waals surface area contributed by atoms with E-state index in [-0.39, 0.29) is 18.0 Å². The predicted octanol–water partition coefficient (Wildman–Crippen LogP) is 3.18. The van der Waals surface area contributed by atoms with Crippen LogP contribution in [0.3, 0.4) is 0 Å². The van der Waals surface area contributed by atoms with E-state index in [1.54, 1.807) is 36.4 Å². The highest BCUT2D eigenvalue weighted by atomic mass is 32.2. The Labute approximate surface area is 151 Å². The first-order chi connectivity index (χ1) is 12.5. The molecule has 0 saturated carbocycles. The number of hydrogen-bond donors (Lipinski definition) is 1. The number of benzene rings is 2. The Hall–Kier alpha value is -2.80. The minimum Gasteiger partial charge on any atom is -0.492 e. The van der Waals surface area contributed by atoms with E-state index in [0.717, 1.165) is 6.42 Å². The van der Waals surface area contributed by atoms with Crippen LogP contribution in [-0.2, 0) is 16.4 Å². The molecule has 1 aromatic heterocycles. The van der Waals surface area contributed by atoms with Crippen molar-refractivity contribution in [2.75, 3.05) is 17.1 Å². The van der Waals surface area contributed by atoms with Gasteiger partial charge in [0, 0.05) is 5.39 Å². The van der Waals surface area contributed by atoms with Crippen LogP contribution in [0.15, 0.2) is 63.8 Å². The van der Waals surface area contributed by atoms with Crippen molar-refractivity contribution in [3.05, 3.63) is 70.6 Å². The topological polar surface area (TPSA) is 85.6 Å². The second-order valence-electron chi connectivity index (χ2n) is 5.75. The molecule has 0 bridgehead atoms. The third-order valence-electron chi connectivity index (χ3n) is 3.86. The predicted molar refractivity (Wildman–Crippen MR) is 101 cm³/mol. The molecule has 0 saturated heterocycles. The lowest BCUT2D eigenvalue weighted by atomic mass is 10.2. The Balaban J connectivity index is 1.65. The summed E-state index contributed by atoms with van der Waals surface area (Å²) in [6.07, 6.45) is 0.924. The molecule has 0 radical (unpaired) electrons. The minimum absolute atomic E-state index is 0.0281. The number of para-hydroxylation sites is 1. The van der Waals surface area contributed by atoms with Crippen LogP contribution < -0.4 is 15.1 Å². The molecule has 0 fully saturated rings. The number of nitrogens with one attached hydrogen (secondary N) is 1. The number of rotatable bonds is 7. The van der Waals surface area contributed by atoms with Crippen LogP contribution in [-0.4, -0.2) is 20.8 Å². The molecule has 1 N–H and O–H groups in total. The molecule has 3 aromatic rings. The average molecular weight is 373 g/mol. The van der Waals surface area contributed by atoms with Crippen molar-refractivity contribution in [1.29, 1.82) is 0 Å². The van der Waals surface area contributed by atoms with Gasteiger partial charge in [-0.25, -0.2) is 13.2 Å². The molecule has 0 atom stereocenters. The van der Waals surface area contributed by atoms with Gasteiger partial charge in [0.15, 0.2) is 0 Å². The van der Waals surface area contributed by atoms with E-state index in [9.17, 15) is 13.2 Å². The molecule has 1 heterocycles. The van der Waals surface area contributed by atoms with Gasteiger partial charge < -0.3 is 9.15 Å². The molecule has 0 unspecified atom stereocenters. The monoisotopic (exact) mass is 373 g/mol. The average Bonchev–Trinajstić information content (AvgIpc) is 2.62. The first-order valence-electron chi connectivity index (χ1n) is 8.22. The molecule has 0 spiro atoms. The second-order valence-corrected chi connectivity index (χ2v) is 7.59. The summed E-state index contributed by atoms with van der Waals surface area (Å²) in [7, 11) is -3.74. The molecule has 0 aliphatic carbocycles. The number of hydrogen-bond acceptors (Lipinski definition) is 5. The SMILES string of the molecule is CCc1ccc(OCCS(=O)(=O)Nc2cc3ccccc3oc2=O)cc1. The van der Waals surface area contributed by atoms with E-state index >= 15 is 0 Å². The van der Waals surface area contributed by atoms with Gasteiger partial charge >= 0.3 is 5.63 Å². The van der Waals surface area contributed by atoms with Crippen LogP contribution in [0.4, 0.5) is 5.69 Å². The van der Waals surface area contributed by atoms with Crippen molar-refractivity contribution in [2.45, 2.75) is 13.3 Å². The lowest BCUT2D eigenvalue weighted by Gasteiger charge is -2.09. The van der Waals surface area contributed by atoms with Crippen LogP contribution in [0.2, 0.25) is 0 Å². The maximum Gasteiger partial charge on any atom is 0.360 e. The minimum atomic E-state index is -3.74. The normalized spacial score (nSPS) is 11.4. The van der Waals surface area contributed by atoms with Crippen LogP contribution in [0, 0.1) is 0 Å². The zero-order chi connectivity index (χ0) is 18.6. The van der Waals surface area contributed by atoms with Gasteiger partial charge in [-0.05, 0) is 36.2 Å². The third-order valence-corrected chi connectivity index (χ3v) is 5.09. The molecular weight excluding hydrogens is 354 g/mol. The lowest BCUT2D eigenvalue weighted by molar-refractivity contribution is 0.341. The zero-order valence-electron chi connectivity index (χ0n) is 14.3. The third kappa shape index (κ3) is 4.43. The van der Waals surface area contributed by atoms with E-state index in [1.807, 2.05) is 12.1 Å². The Morgan fingerprint density at radius 2 is 1.81 bits per heavy atom. The van der Waals surface area contributed by atoms with E-state index in [2.05, 4.69) is 11.6 Å². The summed E-state index contributed by atoms with van der Waals surface area (Å²) in [4.78, 5) is 11.9. The Kier molecular flexibility index (Phi) is 5.27. The van der Waals surface area contributed by atoms with Gasteiger partial charge in [-0.3, -0.25) is 4.72 Å². The Morgan fingerprint density at radius 1 is 1.08 bits per heavy atom. The summed E-state index contributed by atoms with van der Waals surface area (Å²) >= 11 is 0. The van der Waals surface area contributed by atoms with Crippen LogP contribution in [0.1, 0.15) is 12.5 Å². The van der Waals surface area contributed by atoms with Gasteiger partial charge in [-0.15, -0.1) is 0 Å². The summed E-state index contributed by atoms with van der Waals surface area (Å²) in [5.41, 5.74) is 0.730. The van der Waals surface area contributed by atoms with Crippen molar-refractivity contribution < 1.29 is 17.6 Å². The fourth-order valence-electron chi connectivity index (χ4n) is 2.44. The highest BCUT2D eigenvalue weighted by Crippen LogP contribution is 2.16. The highest BCUT2D eigenvalue weighted by Gasteiger charge is 2.15. The molecule has 136 valence electrons. The number of aryl methyl sites for hydroxylation is 1. The van der Waals surface area contributed by atoms with Crippen LogP contribution in [0.5, 0.6) is 5.75 Å². The molecule has 2 aromatic carbocycles. The van der Waals surface area contributed by atoms with Crippen LogP contribution >= 0.6 is 0 Å². The van der Waals surface area contributed by atoms with Gasteiger partial charge in [-0.1, -0.05) is 37.3 Å². The molecule has 0 aliphatic rings. The van der Waals surface area contributed by atoms with E-state index < -0.39 is 15.6 Å². The van der Waals surface area contributed by atoms with E-state index in [0.29, 0.717) is 16.7 Å². The molecule has 7 heteroatoms. The van der Waals surface area contributed by atoms with E-state index in [4.69, 9.17) is 9.15 Å². The standard InChI is InChI=1S/C19H19NO5S/c1-2-14-7-9-16(10-8-14)24-11-12-26(22,23)20-17-13-15-5-3-4-6-18(15)25-19(17)21/h3-10,13,20H,2,11-12H2,1H3. The Bertz CT molecular complexity index is 1060. The quantitative estimate of drug-likeness (QED) is 0.643. The fraction of sp³-hybridized carbons (Fsp3) is 0.211. The Morgan fingerprint density at radius 3 is 2.54 bits per heavy atom.